The first-order valence-corrected chi connectivity index (χ1v) is 8.69. The van der Waals surface area contributed by atoms with Crippen LogP contribution in [-0.4, -0.2) is 43.6 Å². The molecule has 2 aliphatic rings. The number of aliphatic imine (C=N–C) groups is 1. The third kappa shape index (κ3) is 4.99. The molecule has 0 aromatic carbocycles. The number of rotatable bonds is 5. The fraction of sp³-hybridized carbons (Fsp3) is 0.611. The molecule has 1 unspecified atom stereocenters. The Bertz CT molecular complexity index is 555. The van der Waals surface area contributed by atoms with Crippen molar-refractivity contribution in [3.05, 3.63) is 35.8 Å². The van der Waals surface area contributed by atoms with Gasteiger partial charge in [0.1, 0.15) is 11.5 Å². The molecule has 3 rings (SSSR count). The third-order valence-electron chi connectivity index (χ3n) is 4.71. The van der Waals surface area contributed by atoms with Gasteiger partial charge >= 0.3 is 0 Å². The van der Waals surface area contributed by atoms with Gasteiger partial charge in [0.2, 0.25) is 0 Å². The molecule has 6 heteroatoms. The van der Waals surface area contributed by atoms with Crippen molar-refractivity contribution in [1.29, 1.82) is 0 Å². The highest BCUT2D eigenvalue weighted by atomic mass is 127. The number of likely N-dealkylation sites (tertiary alicyclic amines) is 1. The summed E-state index contributed by atoms with van der Waals surface area (Å²) in [5.74, 6) is 2.91. The molecule has 0 bridgehead atoms. The predicted molar refractivity (Wildman–Crippen MR) is 109 cm³/mol. The van der Waals surface area contributed by atoms with E-state index in [2.05, 4.69) is 44.8 Å². The highest BCUT2D eigenvalue weighted by Crippen LogP contribution is 2.26. The van der Waals surface area contributed by atoms with E-state index in [4.69, 9.17) is 4.42 Å². The Morgan fingerprint density at radius 2 is 2.00 bits per heavy atom. The molecule has 1 fully saturated rings. The number of guanidine groups is 1. The standard InChI is InChI=1S/C18H28N4O.HI/c1-14-9-10-17(23-14)16(22-11-5-6-12-22)13-20-18(19-2)21-15-7-3-4-8-15;/h3-4,9-10,15-16H,5-8,11-13H2,1-2H3,(H2,19,20,21);1H. The lowest BCUT2D eigenvalue weighted by atomic mass is 10.2. The van der Waals surface area contributed by atoms with E-state index in [9.17, 15) is 0 Å². The van der Waals surface area contributed by atoms with E-state index in [-0.39, 0.29) is 30.0 Å². The quantitative estimate of drug-likeness (QED) is 0.317. The van der Waals surface area contributed by atoms with Crippen LogP contribution in [0.1, 0.15) is 43.2 Å². The van der Waals surface area contributed by atoms with Crippen LogP contribution < -0.4 is 10.6 Å². The van der Waals surface area contributed by atoms with Gasteiger partial charge in [0, 0.05) is 19.6 Å². The minimum absolute atomic E-state index is 0. The number of aryl methyl sites for hydroxylation is 1. The average Bonchev–Trinajstić information content (AvgIpc) is 3.29. The highest BCUT2D eigenvalue weighted by Gasteiger charge is 2.26. The SMILES string of the molecule is CN=C(NCC(c1ccc(C)o1)N1CCCC1)NC1CC=CC1.I. The number of halogens is 1. The van der Waals surface area contributed by atoms with Crippen molar-refractivity contribution in [2.75, 3.05) is 26.7 Å². The van der Waals surface area contributed by atoms with Gasteiger partial charge in [-0.15, -0.1) is 24.0 Å². The van der Waals surface area contributed by atoms with Crippen LogP contribution in [0.15, 0.2) is 33.7 Å². The lowest BCUT2D eigenvalue weighted by Gasteiger charge is -2.27. The van der Waals surface area contributed by atoms with Gasteiger partial charge < -0.3 is 15.1 Å². The maximum absolute atomic E-state index is 5.91. The van der Waals surface area contributed by atoms with Crippen molar-refractivity contribution in [1.82, 2.24) is 15.5 Å². The maximum atomic E-state index is 5.91. The Labute approximate surface area is 162 Å². The van der Waals surface area contributed by atoms with Crippen molar-refractivity contribution in [2.24, 2.45) is 4.99 Å². The molecule has 1 atom stereocenters. The van der Waals surface area contributed by atoms with Gasteiger partial charge in [-0.05, 0) is 57.8 Å². The second kappa shape index (κ2) is 9.46. The van der Waals surface area contributed by atoms with Crippen LogP contribution in [0.4, 0.5) is 0 Å². The summed E-state index contributed by atoms with van der Waals surface area (Å²) >= 11 is 0. The van der Waals surface area contributed by atoms with E-state index in [1.54, 1.807) is 0 Å². The molecule has 2 N–H and O–H groups in total. The topological polar surface area (TPSA) is 52.8 Å². The number of hydrogen-bond donors (Lipinski definition) is 2. The summed E-state index contributed by atoms with van der Waals surface area (Å²) in [5.41, 5.74) is 0. The van der Waals surface area contributed by atoms with Gasteiger partial charge in [-0.2, -0.15) is 0 Å². The van der Waals surface area contributed by atoms with Crippen molar-refractivity contribution in [2.45, 2.75) is 44.7 Å². The minimum atomic E-state index is 0. The Hall–Kier alpha value is -1.02. The second-order valence-corrected chi connectivity index (χ2v) is 6.44. The number of hydrogen-bond acceptors (Lipinski definition) is 3. The van der Waals surface area contributed by atoms with Crippen molar-refractivity contribution < 1.29 is 4.42 Å². The summed E-state index contributed by atoms with van der Waals surface area (Å²) in [6.45, 7) is 5.10. The molecular formula is C18H29IN4O. The molecule has 0 spiro atoms. The lowest BCUT2D eigenvalue weighted by molar-refractivity contribution is 0.213. The summed E-state index contributed by atoms with van der Waals surface area (Å²) in [7, 11) is 1.83. The van der Waals surface area contributed by atoms with Gasteiger partial charge in [0.25, 0.3) is 0 Å². The number of furan rings is 1. The smallest absolute Gasteiger partial charge is 0.191 e. The lowest BCUT2D eigenvalue weighted by Crippen LogP contribution is -2.45. The van der Waals surface area contributed by atoms with E-state index >= 15 is 0 Å². The molecule has 2 heterocycles. The molecule has 1 aromatic heterocycles. The van der Waals surface area contributed by atoms with Crippen molar-refractivity contribution in [3.63, 3.8) is 0 Å². The van der Waals surface area contributed by atoms with Gasteiger partial charge in [0.15, 0.2) is 5.96 Å². The monoisotopic (exact) mass is 444 g/mol. The summed E-state index contributed by atoms with van der Waals surface area (Å²) in [4.78, 5) is 6.88. The number of nitrogens with one attached hydrogen (secondary N) is 2. The van der Waals surface area contributed by atoms with Crippen LogP contribution in [0.2, 0.25) is 0 Å². The van der Waals surface area contributed by atoms with E-state index in [1.165, 1.54) is 12.8 Å². The van der Waals surface area contributed by atoms with Crippen LogP contribution in [0, 0.1) is 6.92 Å². The zero-order chi connectivity index (χ0) is 16.1. The molecule has 1 aliphatic carbocycles. The average molecular weight is 444 g/mol. The van der Waals surface area contributed by atoms with Gasteiger partial charge in [-0.25, -0.2) is 0 Å². The maximum Gasteiger partial charge on any atom is 0.191 e. The predicted octanol–water partition coefficient (Wildman–Crippen LogP) is 3.23. The molecule has 1 aromatic rings. The summed E-state index contributed by atoms with van der Waals surface area (Å²) in [5, 5.41) is 6.99. The van der Waals surface area contributed by atoms with Crippen molar-refractivity contribution in [3.8, 4) is 0 Å². The molecule has 1 saturated heterocycles. The summed E-state index contributed by atoms with van der Waals surface area (Å²) in [6.07, 6.45) is 9.16. The Balaban J connectivity index is 0.00000208. The largest absolute Gasteiger partial charge is 0.465 e. The van der Waals surface area contributed by atoms with E-state index in [1.807, 2.05) is 14.0 Å². The normalized spacial score (nSPS) is 20.2. The molecule has 0 radical (unpaired) electrons. The van der Waals surface area contributed by atoms with Crippen LogP contribution in [0.3, 0.4) is 0 Å². The first-order valence-electron chi connectivity index (χ1n) is 8.69. The zero-order valence-corrected chi connectivity index (χ0v) is 17.0. The first kappa shape index (κ1) is 19.3. The van der Waals surface area contributed by atoms with Crippen LogP contribution in [-0.2, 0) is 0 Å². The van der Waals surface area contributed by atoms with Crippen LogP contribution >= 0.6 is 24.0 Å². The van der Waals surface area contributed by atoms with E-state index in [0.29, 0.717) is 6.04 Å². The van der Waals surface area contributed by atoms with Gasteiger partial charge in [-0.3, -0.25) is 9.89 Å². The molecule has 134 valence electrons. The van der Waals surface area contributed by atoms with E-state index < -0.39 is 0 Å². The Morgan fingerprint density at radius 1 is 1.29 bits per heavy atom. The number of nitrogens with zero attached hydrogens (tertiary/aromatic N) is 2. The third-order valence-corrected chi connectivity index (χ3v) is 4.71. The highest BCUT2D eigenvalue weighted by molar-refractivity contribution is 14.0. The Morgan fingerprint density at radius 3 is 2.58 bits per heavy atom. The van der Waals surface area contributed by atoms with Crippen molar-refractivity contribution >= 4 is 29.9 Å². The second-order valence-electron chi connectivity index (χ2n) is 6.44. The summed E-state index contributed by atoms with van der Waals surface area (Å²) in [6, 6.07) is 4.90. The van der Waals surface area contributed by atoms with Gasteiger partial charge in [-0.1, -0.05) is 12.2 Å². The summed E-state index contributed by atoms with van der Waals surface area (Å²) < 4.78 is 5.91. The molecule has 0 saturated carbocycles. The van der Waals surface area contributed by atoms with Crippen LogP contribution in [0.5, 0.6) is 0 Å². The zero-order valence-electron chi connectivity index (χ0n) is 14.6. The fourth-order valence-corrected chi connectivity index (χ4v) is 3.41. The molecule has 24 heavy (non-hydrogen) atoms. The first-order chi connectivity index (χ1) is 11.3. The molecular weight excluding hydrogens is 415 g/mol. The molecule has 5 nitrogen and oxygen atoms in total. The fourth-order valence-electron chi connectivity index (χ4n) is 3.41. The molecule has 1 aliphatic heterocycles. The van der Waals surface area contributed by atoms with Crippen LogP contribution in [0.25, 0.3) is 0 Å². The van der Waals surface area contributed by atoms with Gasteiger partial charge in [0.05, 0.1) is 6.04 Å². The minimum Gasteiger partial charge on any atom is -0.465 e. The Kier molecular flexibility index (Phi) is 7.61. The van der Waals surface area contributed by atoms with E-state index in [0.717, 1.165) is 50.0 Å². The molecule has 0 amide bonds.